The third-order valence-corrected chi connectivity index (χ3v) is 5.09. The number of halogens is 1. The van der Waals surface area contributed by atoms with Crippen LogP contribution in [0.5, 0.6) is 5.75 Å². The molecule has 0 saturated carbocycles. The highest BCUT2D eigenvalue weighted by Gasteiger charge is 2.18. The van der Waals surface area contributed by atoms with Gasteiger partial charge in [0.2, 0.25) is 0 Å². The second-order valence-corrected chi connectivity index (χ2v) is 6.91. The van der Waals surface area contributed by atoms with E-state index in [0.717, 1.165) is 22.7 Å². The van der Waals surface area contributed by atoms with Gasteiger partial charge in [0.05, 0.1) is 17.1 Å². The number of para-hydroxylation sites is 2. The summed E-state index contributed by atoms with van der Waals surface area (Å²) in [5, 5.41) is 4.09. The Morgan fingerprint density at radius 3 is 2.50 bits per heavy atom. The van der Waals surface area contributed by atoms with Crippen LogP contribution in [0.1, 0.15) is 25.1 Å². The molecule has 3 rings (SSSR count). The molecule has 1 heterocycles. The summed E-state index contributed by atoms with van der Waals surface area (Å²) < 4.78 is 9.94. The van der Waals surface area contributed by atoms with Gasteiger partial charge in [-0.2, -0.15) is 0 Å². The fourth-order valence-electron chi connectivity index (χ4n) is 2.88. The first-order chi connectivity index (χ1) is 13.5. The fourth-order valence-corrected chi connectivity index (χ4v) is 3.42. The maximum Gasteiger partial charge on any atom is 0.286 e. The zero-order chi connectivity index (χ0) is 20.1. The normalized spacial score (nSPS) is 11.5. The van der Waals surface area contributed by atoms with Crippen LogP contribution in [-0.4, -0.2) is 21.7 Å². The molecule has 0 spiro atoms. The molecular formula is C21H22BrN3O3. The Balaban J connectivity index is 1.90. The highest BCUT2D eigenvalue weighted by Crippen LogP contribution is 2.23. The van der Waals surface area contributed by atoms with E-state index in [4.69, 9.17) is 9.57 Å². The van der Waals surface area contributed by atoms with Gasteiger partial charge in [0.1, 0.15) is 23.4 Å². The lowest BCUT2D eigenvalue weighted by Crippen LogP contribution is -2.19. The molecule has 0 aliphatic heterocycles. The Morgan fingerprint density at radius 1 is 1.11 bits per heavy atom. The maximum absolute atomic E-state index is 12.7. The first-order valence-corrected chi connectivity index (χ1v) is 9.74. The molecule has 0 aliphatic rings. The van der Waals surface area contributed by atoms with Crippen LogP contribution < -0.4 is 10.3 Å². The molecule has 0 aliphatic carbocycles. The zero-order valence-corrected chi connectivity index (χ0v) is 17.6. The molecular weight excluding hydrogens is 422 g/mol. The Bertz CT molecular complexity index is 1040. The van der Waals surface area contributed by atoms with Gasteiger partial charge >= 0.3 is 0 Å². The smallest absolute Gasteiger partial charge is 0.286 e. The van der Waals surface area contributed by atoms with E-state index in [-0.39, 0.29) is 12.2 Å². The van der Waals surface area contributed by atoms with E-state index in [9.17, 15) is 4.79 Å². The van der Waals surface area contributed by atoms with E-state index < -0.39 is 0 Å². The summed E-state index contributed by atoms with van der Waals surface area (Å²) in [6, 6.07) is 17.1. The molecule has 146 valence electrons. The van der Waals surface area contributed by atoms with Crippen molar-refractivity contribution >= 4 is 21.6 Å². The summed E-state index contributed by atoms with van der Waals surface area (Å²) in [6.45, 7) is 4.48. The average molecular weight is 444 g/mol. The highest BCUT2D eigenvalue weighted by atomic mass is 79.9. The van der Waals surface area contributed by atoms with Crippen LogP contribution in [0.2, 0.25) is 0 Å². The summed E-state index contributed by atoms with van der Waals surface area (Å²) in [4.78, 5) is 17.9. The third kappa shape index (κ3) is 4.04. The molecule has 0 bridgehead atoms. The van der Waals surface area contributed by atoms with Crippen LogP contribution >= 0.6 is 15.9 Å². The second-order valence-electron chi connectivity index (χ2n) is 6.12. The zero-order valence-electron chi connectivity index (χ0n) is 16.1. The molecule has 6 nitrogen and oxygen atoms in total. The molecule has 0 fully saturated rings. The average Bonchev–Trinajstić information content (AvgIpc) is 2.93. The number of aromatic nitrogens is 2. The van der Waals surface area contributed by atoms with Crippen molar-refractivity contribution in [2.75, 3.05) is 6.61 Å². The first-order valence-electron chi connectivity index (χ1n) is 8.95. The van der Waals surface area contributed by atoms with Crippen molar-refractivity contribution < 1.29 is 9.57 Å². The summed E-state index contributed by atoms with van der Waals surface area (Å²) in [6.07, 6.45) is 0. The lowest BCUT2D eigenvalue weighted by atomic mass is 10.1. The molecule has 0 N–H and O–H groups in total. The van der Waals surface area contributed by atoms with E-state index in [1.807, 2.05) is 75.5 Å². The number of hydrogen-bond acceptors (Lipinski definition) is 4. The second kappa shape index (κ2) is 8.93. The molecule has 28 heavy (non-hydrogen) atoms. The topological polar surface area (TPSA) is 57.8 Å². The fraction of sp³-hybridized carbons (Fsp3) is 0.238. The standard InChI is InChI=1S/C21H22BrN3O3/c1-4-28-23-15(2)17-12-8-9-13-19(17)27-14-18-20(22)21(26)25(24(18)3)16-10-6-5-7-11-16/h5-13H,4,14H2,1-3H3. The Labute approximate surface area is 172 Å². The van der Waals surface area contributed by atoms with E-state index in [2.05, 4.69) is 21.1 Å². The number of hydrogen-bond donors (Lipinski definition) is 0. The molecule has 7 heteroatoms. The Hall–Kier alpha value is -2.80. The first kappa shape index (κ1) is 19.9. The molecule has 0 atom stereocenters. The van der Waals surface area contributed by atoms with Crippen LogP contribution in [0, 0.1) is 0 Å². The van der Waals surface area contributed by atoms with Crippen molar-refractivity contribution in [3.8, 4) is 11.4 Å². The largest absolute Gasteiger partial charge is 0.487 e. The SMILES string of the molecule is CCON=C(C)c1ccccc1OCc1c(Br)c(=O)n(-c2ccccc2)n1C. The lowest BCUT2D eigenvalue weighted by molar-refractivity contribution is 0.158. The van der Waals surface area contributed by atoms with Crippen molar-refractivity contribution in [3.63, 3.8) is 0 Å². The van der Waals surface area contributed by atoms with Gasteiger partial charge in [-0.05, 0) is 54.0 Å². The van der Waals surface area contributed by atoms with Crippen LogP contribution in [0.25, 0.3) is 5.69 Å². The van der Waals surface area contributed by atoms with Crippen LogP contribution in [0.3, 0.4) is 0 Å². The maximum atomic E-state index is 12.7. The van der Waals surface area contributed by atoms with Crippen molar-refractivity contribution in [2.24, 2.45) is 12.2 Å². The number of rotatable bonds is 7. The minimum Gasteiger partial charge on any atom is -0.487 e. The van der Waals surface area contributed by atoms with Crippen LogP contribution in [0.15, 0.2) is 69.0 Å². The molecule has 3 aromatic rings. The van der Waals surface area contributed by atoms with E-state index in [1.165, 1.54) is 0 Å². The van der Waals surface area contributed by atoms with Crippen LogP contribution in [0.4, 0.5) is 0 Å². The lowest BCUT2D eigenvalue weighted by Gasteiger charge is -2.13. The van der Waals surface area contributed by atoms with Gasteiger partial charge in [-0.1, -0.05) is 35.5 Å². The molecule has 0 unspecified atom stereocenters. The van der Waals surface area contributed by atoms with Crippen molar-refractivity contribution in [3.05, 3.63) is 80.7 Å². The summed E-state index contributed by atoms with van der Waals surface area (Å²) >= 11 is 3.43. The highest BCUT2D eigenvalue weighted by molar-refractivity contribution is 9.10. The monoisotopic (exact) mass is 443 g/mol. The van der Waals surface area contributed by atoms with Crippen LogP contribution in [-0.2, 0) is 18.5 Å². The predicted molar refractivity (Wildman–Crippen MR) is 113 cm³/mol. The minimum atomic E-state index is -0.130. The van der Waals surface area contributed by atoms with Crippen molar-refractivity contribution in [2.45, 2.75) is 20.5 Å². The van der Waals surface area contributed by atoms with Gasteiger partial charge in [-0.3, -0.25) is 9.48 Å². The Morgan fingerprint density at radius 2 is 1.79 bits per heavy atom. The molecule has 0 amide bonds. The van der Waals surface area contributed by atoms with Gasteiger partial charge in [0.15, 0.2) is 0 Å². The number of benzene rings is 2. The molecule has 1 aromatic heterocycles. The summed E-state index contributed by atoms with van der Waals surface area (Å²) in [5.41, 5.74) is 2.98. The third-order valence-electron chi connectivity index (χ3n) is 4.30. The van der Waals surface area contributed by atoms with Gasteiger partial charge in [-0.15, -0.1) is 0 Å². The van der Waals surface area contributed by atoms with Gasteiger partial charge in [-0.25, -0.2) is 4.68 Å². The number of nitrogens with zero attached hydrogens (tertiary/aromatic N) is 3. The number of oxime groups is 1. The van der Waals surface area contributed by atoms with Gasteiger partial charge in [0.25, 0.3) is 5.56 Å². The predicted octanol–water partition coefficient (Wildman–Crippen LogP) is 4.28. The van der Waals surface area contributed by atoms with E-state index in [0.29, 0.717) is 16.8 Å². The molecule has 2 aromatic carbocycles. The molecule has 0 saturated heterocycles. The van der Waals surface area contributed by atoms with Crippen molar-refractivity contribution in [1.29, 1.82) is 0 Å². The number of ether oxygens (including phenoxy) is 1. The summed E-state index contributed by atoms with van der Waals surface area (Å²) in [7, 11) is 1.84. The minimum absolute atomic E-state index is 0.130. The van der Waals surface area contributed by atoms with E-state index >= 15 is 0 Å². The van der Waals surface area contributed by atoms with Gasteiger partial charge in [0, 0.05) is 12.6 Å². The Kier molecular flexibility index (Phi) is 6.36. The van der Waals surface area contributed by atoms with Crippen molar-refractivity contribution in [1.82, 2.24) is 9.36 Å². The summed E-state index contributed by atoms with van der Waals surface area (Å²) in [5.74, 6) is 0.676. The quantitative estimate of drug-likeness (QED) is 0.404. The van der Waals surface area contributed by atoms with E-state index in [1.54, 1.807) is 9.36 Å². The molecule has 0 radical (unpaired) electrons. The van der Waals surface area contributed by atoms with Gasteiger partial charge < -0.3 is 9.57 Å².